The minimum Gasteiger partial charge on any atom is -0.351 e. The minimum absolute atomic E-state index is 0.203. The molecule has 8 nitrogen and oxygen atoms in total. The van der Waals surface area contributed by atoms with Crippen LogP contribution in [0.15, 0.2) is 28.8 Å². The number of hydrogen-bond acceptors (Lipinski definition) is 5. The molecule has 9 heteroatoms. The molecule has 29 heavy (non-hydrogen) atoms. The summed E-state index contributed by atoms with van der Waals surface area (Å²) < 4.78 is 18.9. The van der Waals surface area contributed by atoms with Crippen molar-refractivity contribution in [2.45, 2.75) is 20.0 Å². The van der Waals surface area contributed by atoms with Crippen molar-refractivity contribution in [1.29, 1.82) is 0 Å². The third kappa shape index (κ3) is 5.32. The Kier molecular flexibility index (Phi) is 6.48. The van der Waals surface area contributed by atoms with E-state index in [1.165, 1.54) is 6.07 Å². The van der Waals surface area contributed by atoms with E-state index in [-0.39, 0.29) is 23.5 Å². The summed E-state index contributed by atoms with van der Waals surface area (Å²) in [5.74, 6) is -0.257. The van der Waals surface area contributed by atoms with Gasteiger partial charge < -0.3 is 24.5 Å². The topological polar surface area (TPSA) is 81.9 Å². The first-order valence-corrected chi connectivity index (χ1v) is 9.51. The molecule has 1 aromatic heterocycles. The fourth-order valence-corrected chi connectivity index (χ4v) is 3.22. The van der Waals surface area contributed by atoms with Gasteiger partial charge >= 0.3 is 6.03 Å². The standard InChI is InChI=1S/C20H26FN5O3/c1-14-10-18(29-23-14)19(27)25-6-8-26(9-7-25)20(28)22-12-15-4-5-17(21)16(11-15)13-24(2)3/h4-5,10-11H,6-9,12-13H2,1-3H3,(H,22,28). The number of benzene rings is 1. The van der Waals surface area contributed by atoms with Crippen molar-refractivity contribution in [1.82, 2.24) is 25.2 Å². The van der Waals surface area contributed by atoms with Crippen LogP contribution in [0.4, 0.5) is 9.18 Å². The molecule has 1 saturated heterocycles. The first kappa shape index (κ1) is 20.8. The summed E-state index contributed by atoms with van der Waals surface area (Å²) in [4.78, 5) is 30.0. The largest absolute Gasteiger partial charge is 0.351 e. The Morgan fingerprint density at radius 2 is 1.86 bits per heavy atom. The van der Waals surface area contributed by atoms with Gasteiger partial charge in [0, 0.05) is 50.9 Å². The number of piperazine rings is 1. The SMILES string of the molecule is Cc1cc(C(=O)N2CCN(C(=O)NCc3ccc(F)c(CN(C)C)c3)CC2)on1. The molecule has 2 heterocycles. The Balaban J connectivity index is 1.49. The average Bonchev–Trinajstić information content (AvgIpc) is 3.14. The van der Waals surface area contributed by atoms with Crippen LogP contribution < -0.4 is 5.32 Å². The van der Waals surface area contributed by atoms with Crippen LogP contribution in [-0.4, -0.2) is 72.1 Å². The van der Waals surface area contributed by atoms with E-state index in [0.717, 1.165) is 5.56 Å². The molecule has 3 rings (SSSR count). The molecule has 0 aliphatic carbocycles. The third-order valence-corrected chi connectivity index (χ3v) is 4.73. The second-order valence-electron chi connectivity index (χ2n) is 7.43. The number of nitrogens with zero attached hydrogens (tertiary/aromatic N) is 4. The third-order valence-electron chi connectivity index (χ3n) is 4.73. The molecule has 1 aromatic carbocycles. The summed E-state index contributed by atoms with van der Waals surface area (Å²) in [5.41, 5.74) is 2.09. The van der Waals surface area contributed by atoms with Gasteiger partial charge in [0.1, 0.15) is 5.82 Å². The van der Waals surface area contributed by atoms with Crippen molar-refractivity contribution in [3.63, 3.8) is 0 Å². The molecule has 1 fully saturated rings. The Morgan fingerprint density at radius 3 is 2.48 bits per heavy atom. The molecule has 0 radical (unpaired) electrons. The summed E-state index contributed by atoms with van der Waals surface area (Å²) >= 11 is 0. The van der Waals surface area contributed by atoms with Crippen LogP contribution in [0.25, 0.3) is 0 Å². The lowest BCUT2D eigenvalue weighted by Gasteiger charge is -2.34. The minimum atomic E-state index is -0.253. The molecule has 0 unspecified atom stereocenters. The highest BCUT2D eigenvalue weighted by molar-refractivity contribution is 5.91. The van der Waals surface area contributed by atoms with Crippen LogP contribution in [0.2, 0.25) is 0 Å². The van der Waals surface area contributed by atoms with E-state index in [0.29, 0.717) is 50.5 Å². The number of aryl methyl sites for hydroxylation is 1. The predicted octanol–water partition coefficient (Wildman–Crippen LogP) is 1.85. The van der Waals surface area contributed by atoms with Gasteiger partial charge in [0.15, 0.2) is 0 Å². The number of halogens is 1. The summed E-state index contributed by atoms with van der Waals surface area (Å²) in [7, 11) is 3.75. The number of urea groups is 1. The van der Waals surface area contributed by atoms with Crippen LogP contribution in [0.3, 0.4) is 0 Å². The number of nitrogens with one attached hydrogen (secondary N) is 1. The van der Waals surface area contributed by atoms with Gasteiger partial charge in [-0.25, -0.2) is 9.18 Å². The molecule has 0 saturated carbocycles. The highest BCUT2D eigenvalue weighted by Gasteiger charge is 2.26. The molecule has 156 valence electrons. The number of aromatic nitrogens is 1. The van der Waals surface area contributed by atoms with E-state index in [1.54, 1.807) is 34.9 Å². The van der Waals surface area contributed by atoms with E-state index in [2.05, 4.69) is 10.5 Å². The van der Waals surface area contributed by atoms with Gasteiger partial charge in [-0.2, -0.15) is 0 Å². The second kappa shape index (κ2) is 9.04. The lowest BCUT2D eigenvalue weighted by Crippen LogP contribution is -2.53. The number of carbonyl (C=O) groups is 2. The molecule has 0 atom stereocenters. The maximum atomic E-state index is 13.9. The molecule has 2 aromatic rings. The van der Waals surface area contributed by atoms with Crippen molar-refractivity contribution >= 4 is 11.9 Å². The fourth-order valence-electron chi connectivity index (χ4n) is 3.22. The first-order chi connectivity index (χ1) is 13.8. The Morgan fingerprint density at radius 1 is 1.17 bits per heavy atom. The molecule has 1 aliphatic rings. The Bertz CT molecular complexity index is 875. The summed E-state index contributed by atoms with van der Waals surface area (Å²) in [6.45, 7) is 4.28. The summed E-state index contributed by atoms with van der Waals surface area (Å²) in [6.07, 6.45) is 0. The normalized spacial score (nSPS) is 14.4. The molecule has 3 amide bonds. The van der Waals surface area contributed by atoms with Crippen LogP contribution in [-0.2, 0) is 13.1 Å². The molecule has 0 spiro atoms. The van der Waals surface area contributed by atoms with Crippen LogP contribution in [0.5, 0.6) is 0 Å². The number of carbonyl (C=O) groups excluding carboxylic acids is 2. The van der Waals surface area contributed by atoms with Gasteiger partial charge in [0.2, 0.25) is 5.76 Å². The van der Waals surface area contributed by atoms with E-state index in [1.807, 2.05) is 19.0 Å². The fraction of sp³-hybridized carbons (Fsp3) is 0.450. The maximum absolute atomic E-state index is 13.9. The summed E-state index contributed by atoms with van der Waals surface area (Å²) in [6, 6.07) is 6.27. The van der Waals surface area contributed by atoms with E-state index >= 15 is 0 Å². The maximum Gasteiger partial charge on any atom is 0.317 e. The number of amides is 3. The second-order valence-corrected chi connectivity index (χ2v) is 7.43. The van der Waals surface area contributed by atoms with E-state index in [4.69, 9.17) is 4.52 Å². The molecule has 0 bridgehead atoms. The van der Waals surface area contributed by atoms with Gasteiger partial charge in [0.25, 0.3) is 5.91 Å². The Labute approximate surface area is 169 Å². The zero-order valence-electron chi connectivity index (χ0n) is 16.9. The van der Waals surface area contributed by atoms with Crippen molar-refractivity contribution in [3.8, 4) is 0 Å². The van der Waals surface area contributed by atoms with Gasteiger partial charge in [-0.15, -0.1) is 0 Å². The quantitative estimate of drug-likeness (QED) is 0.824. The number of hydrogen-bond donors (Lipinski definition) is 1. The zero-order valence-corrected chi connectivity index (χ0v) is 16.9. The monoisotopic (exact) mass is 403 g/mol. The average molecular weight is 403 g/mol. The Hall–Kier alpha value is -2.94. The molecular weight excluding hydrogens is 377 g/mol. The van der Waals surface area contributed by atoms with Gasteiger partial charge in [-0.3, -0.25) is 4.79 Å². The van der Waals surface area contributed by atoms with Crippen molar-refractivity contribution in [3.05, 3.63) is 52.7 Å². The van der Waals surface area contributed by atoms with Crippen molar-refractivity contribution in [2.75, 3.05) is 40.3 Å². The predicted molar refractivity (Wildman–Crippen MR) is 105 cm³/mol. The van der Waals surface area contributed by atoms with Gasteiger partial charge in [-0.05, 0) is 38.7 Å². The van der Waals surface area contributed by atoms with Gasteiger partial charge in [0.05, 0.1) is 5.69 Å². The van der Waals surface area contributed by atoms with Crippen LogP contribution in [0, 0.1) is 12.7 Å². The molecule has 1 aliphatic heterocycles. The highest BCUT2D eigenvalue weighted by atomic mass is 19.1. The molecular formula is C20H26FN5O3. The van der Waals surface area contributed by atoms with Crippen molar-refractivity contribution < 1.29 is 18.5 Å². The summed E-state index contributed by atoms with van der Waals surface area (Å²) in [5, 5.41) is 6.60. The van der Waals surface area contributed by atoms with Gasteiger partial charge in [-0.1, -0.05) is 11.2 Å². The first-order valence-electron chi connectivity index (χ1n) is 9.51. The van der Waals surface area contributed by atoms with Crippen LogP contribution in [0.1, 0.15) is 27.4 Å². The van der Waals surface area contributed by atoms with E-state index < -0.39 is 0 Å². The smallest absolute Gasteiger partial charge is 0.317 e. The van der Waals surface area contributed by atoms with Crippen LogP contribution >= 0.6 is 0 Å². The lowest BCUT2D eigenvalue weighted by molar-refractivity contribution is 0.0624. The molecule has 1 N–H and O–H groups in total. The van der Waals surface area contributed by atoms with Crippen molar-refractivity contribution in [2.24, 2.45) is 0 Å². The van der Waals surface area contributed by atoms with E-state index in [9.17, 15) is 14.0 Å². The number of rotatable bonds is 5. The lowest BCUT2D eigenvalue weighted by atomic mass is 10.1. The zero-order chi connectivity index (χ0) is 21.0. The highest BCUT2D eigenvalue weighted by Crippen LogP contribution is 2.13.